The molecular formula is C15H22BrNO2. The third kappa shape index (κ3) is 5.74. The molecule has 1 aromatic rings. The monoisotopic (exact) mass is 327 g/mol. The van der Waals surface area contributed by atoms with Gasteiger partial charge < -0.3 is 10.4 Å². The molecule has 3 nitrogen and oxygen atoms in total. The molecule has 1 unspecified atom stereocenters. The molecule has 0 amide bonds. The average Bonchev–Trinajstić information content (AvgIpc) is 2.29. The Labute approximate surface area is 123 Å². The third-order valence-corrected chi connectivity index (χ3v) is 3.76. The molecule has 4 heteroatoms. The first-order valence-electron chi connectivity index (χ1n) is 6.58. The molecule has 0 saturated heterocycles. The van der Waals surface area contributed by atoms with Gasteiger partial charge in [-0.25, -0.2) is 0 Å². The highest BCUT2D eigenvalue weighted by Gasteiger charge is 2.18. The fourth-order valence-corrected chi connectivity index (χ4v) is 2.65. The van der Waals surface area contributed by atoms with E-state index in [9.17, 15) is 4.79 Å². The molecule has 0 fully saturated rings. The predicted molar refractivity (Wildman–Crippen MR) is 81.2 cm³/mol. The number of carbonyl (C=O) groups is 1. The van der Waals surface area contributed by atoms with Crippen molar-refractivity contribution in [1.82, 2.24) is 5.32 Å². The maximum atomic E-state index is 11.1. The number of nitrogens with one attached hydrogen (secondary N) is 1. The smallest absolute Gasteiger partial charge is 0.307 e. The molecule has 2 N–H and O–H groups in total. The van der Waals surface area contributed by atoms with Crippen molar-refractivity contribution in [1.29, 1.82) is 0 Å². The standard InChI is InChI=1S/C15H22BrNO2/c1-10(2)6-13(15(18)19)9-17-8-12-5-4-11(3)7-14(12)16/h4-5,7,10,13,17H,6,8-9H2,1-3H3,(H,18,19). The first kappa shape index (κ1) is 16.2. The third-order valence-electron chi connectivity index (χ3n) is 3.02. The maximum absolute atomic E-state index is 11.1. The lowest BCUT2D eigenvalue weighted by molar-refractivity contribution is -0.142. The predicted octanol–water partition coefficient (Wildman–Crippen LogP) is 3.59. The molecule has 19 heavy (non-hydrogen) atoms. The van der Waals surface area contributed by atoms with Gasteiger partial charge in [0.2, 0.25) is 0 Å². The van der Waals surface area contributed by atoms with Crippen LogP contribution in [0.15, 0.2) is 22.7 Å². The fourth-order valence-electron chi connectivity index (χ4n) is 2.02. The molecule has 0 heterocycles. The molecular weight excluding hydrogens is 306 g/mol. The molecule has 1 aromatic carbocycles. The van der Waals surface area contributed by atoms with E-state index in [1.165, 1.54) is 5.56 Å². The van der Waals surface area contributed by atoms with Crippen LogP contribution in [-0.4, -0.2) is 17.6 Å². The van der Waals surface area contributed by atoms with Crippen LogP contribution in [0.4, 0.5) is 0 Å². The van der Waals surface area contributed by atoms with Crippen molar-refractivity contribution < 1.29 is 9.90 Å². The number of carboxylic acid groups (broad SMARTS) is 1. The van der Waals surface area contributed by atoms with Gasteiger partial charge in [0.05, 0.1) is 5.92 Å². The molecule has 0 radical (unpaired) electrons. The molecule has 0 saturated carbocycles. The Kier molecular flexibility index (Phi) is 6.52. The summed E-state index contributed by atoms with van der Waals surface area (Å²) in [6.45, 7) is 7.33. The summed E-state index contributed by atoms with van der Waals surface area (Å²) in [6.07, 6.45) is 0.706. The van der Waals surface area contributed by atoms with E-state index >= 15 is 0 Å². The molecule has 106 valence electrons. The first-order valence-corrected chi connectivity index (χ1v) is 7.38. The zero-order chi connectivity index (χ0) is 14.4. The summed E-state index contributed by atoms with van der Waals surface area (Å²) in [5, 5.41) is 12.4. The number of hydrogen-bond donors (Lipinski definition) is 2. The van der Waals surface area contributed by atoms with Crippen molar-refractivity contribution in [3.8, 4) is 0 Å². The second-order valence-electron chi connectivity index (χ2n) is 5.39. The largest absolute Gasteiger partial charge is 0.481 e. The lowest BCUT2D eigenvalue weighted by Crippen LogP contribution is -2.29. The minimum absolute atomic E-state index is 0.316. The summed E-state index contributed by atoms with van der Waals surface area (Å²) in [4.78, 5) is 11.1. The van der Waals surface area contributed by atoms with Crippen molar-refractivity contribution >= 4 is 21.9 Å². The summed E-state index contributed by atoms with van der Waals surface area (Å²) >= 11 is 3.53. The van der Waals surface area contributed by atoms with Gasteiger partial charge >= 0.3 is 5.97 Å². The second kappa shape index (κ2) is 7.65. The Hall–Kier alpha value is -0.870. The van der Waals surface area contributed by atoms with Gasteiger partial charge in [0.15, 0.2) is 0 Å². The molecule has 0 aliphatic rings. The van der Waals surface area contributed by atoms with Crippen molar-refractivity contribution in [3.63, 3.8) is 0 Å². The van der Waals surface area contributed by atoms with Crippen molar-refractivity contribution in [2.75, 3.05) is 6.54 Å². The van der Waals surface area contributed by atoms with Gasteiger partial charge in [0.25, 0.3) is 0 Å². The van der Waals surface area contributed by atoms with E-state index < -0.39 is 5.97 Å². The number of carboxylic acids is 1. The fraction of sp³-hybridized carbons (Fsp3) is 0.533. The molecule has 0 aromatic heterocycles. The number of rotatable bonds is 7. The lowest BCUT2D eigenvalue weighted by Gasteiger charge is -2.16. The zero-order valence-corrected chi connectivity index (χ0v) is 13.3. The van der Waals surface area contributed by atoms with Gasteiger partial charge in [-0.1, -0.05) is 41.9 Å². The van der Waals surface area contributed by atoms with E-state index in [0.29, 0.717) is 25.4 Å². The van der Waals surface area contributed by atoms with E-state index in [2.05, 4.69) is 39.4 Å². The highest BCUT2D eigenvalue weighted by molar-refractivity contribution is 9.10. The highest BCUT2D eigenvalue weighted by Crippen LogP contribution is 2.18. The van der Waals surface area contributed by atoms with Gasteiger partial charge in [0, 0.05) is 17.6 Å². The Bertz CT molecular complexity index is 432. The number of hydrogen-bond acceptors (Lipinski definition) is 2. The van der Waals surface area contributed by atoms with Crippen molar-refractivity contribution in [2.24, 2.45) is 11.8 Å². The van der Waals surface area contributed by atoms with Crippen LogP contribution in [0.25, 0.3) is 0 Å². The minimum atomic E-state index is -0.718. The van der Waals surface area contributed by atoms with Crippen LogP contribution in [0.5, 0.6) is 0 Å². The number of aliphatic carboxylic acids is 1. The quantitative estimate of drug-likeness (QED) is 0.804. The normalized spacial score (nSPS) is 12.7. The van der Waals surface area contributed by atoms with Crippen LogP contribution < -0.4 is 5.32 Å². The van der Waals surface area contributed by atoms with Gasteiger partial charge in [-0.2, -0.15) is 0 Å². The van der Waals surface area contributed by atoms with Gasteiger partial charge in [-0.15, -0.1) is 0 Å². The van der Waals surface area contributed by atoms with Crippen LogP contribution in [0.1, 0.15) is 31.4 Å². The average molecular weight is 328 g/mol. The van der Waals surface area contributed by atoms with Gasteiger partial charge in [-0.05, 0) is 36.5 Å². The Morgan fingerprint density at radius 3 is 2.63 bits per heavy atom. The van der Waals surface area contributed by atoms with Crippen LogP contribution in [-0.2, 0) is 11.3 Å². The summed E-state index contributed by atoms with van der Waals surface area (Å²) in [5.74, 6) is -0.637. The molecule has 1 atom stereocenters. The Morgan fingerprint density at radius 2 is 2.11 bits per heavy atom. The first-order chi connectivity index (χ1) is 8.90. The molecule has 0 spiro atoms. The van der Waals surface area contributed by atoms with E-state index in [1.807, 2.05) is 20.8 Å². The van der Waals surface area contributed by atoms with Crippen LogP contribution in [0.2, 0.25) is 0 Å². The topological polar surface area (TPSA) is 49.3 Å². The molecule has 0 aliphatic heterocycles. The van der Waals surface area contributed by atoms with E-state index in [1.54, 1.807) is 0 Å². The van der Waals surface area contributed by atoms with Crippen LogP contribution in [0, 0.1) is 18.8 Å². The van der Waals surface area contributed by atoms with Gasteiger partial charge in [0.1, 0.15) is 0 Å². The zero-order valence-electron chi connectivity index (χ0n) is 11.7. The van der Waals surface area contributed by atoms with Crippen molar-refractivity contribution in [3.05, 3.63) is 33.8 Å². The van der Waals surface area contributed by atoms with Crippen LogP contribution >= 0.6 is 15.9 Å². The second-order valence-corrected chi connectivity index (χ2v) is 6.24. The number of halogens is 1. The molecule has 0 bridgehead atoms. The number of benzene rings is 1. The summed E-state index contributed by atoms with van der Waals surface area (Å²) in [6, 6.07) is 6.19. The van der Waals surface area contributed by atoms with Crippen molar-refractivity contribution in [2.45, 2.75) is 33.7 Å². The minimum Gasteiger partial charge on any atom is -0.481 e. The molecule has 0 aliphatic carbocycles. The highest BCUT2D eigenvalue weighted by atomic mass is 79.9. The molecule has 1 rings (SSSR count). The summed E-state index contributed by atoms with van der Waals surface area (Å²) < 4.78 is 1.07. The summed E-state index contributed by atoms with van der Waals surface area (Å²) in [7, 11) is 0. The Balaban J connectivity index is 2.49. The SMILES string of the molecule is Cc1ccc(CNCC(CC(C)C)C(=O)O)c(Br)c1. The van der Waals surface area contributed by atoms with Gasteiger partial charge in [-0.3, -0.25) is 4.79 Å². The lowest BCUT2D eigenvalue weighted by atomic mass is 9.97. The van der Waals surface area contributed by atoms with E-state index in [-0.39, 0.29) is 5.92 Å². The van der Waals surface area contributed by atoms with Crippen LogP contribution in [0.3, 0.4) is 0 Å². The maximum Gasteiger partial charge on any atom is 0.307 e. The summed E-state index contributed by atoms with van der Waals surface area (Å²) in [5.41, 5.74) is 2.36. The van der Waals surface area contributed by atoms with E-state index in [0.717, 1.165) is 10.0 Å². The van der Waals surface area contributed by atoms with E-state index in [4.69, 9.17) is 5.11 Å². The Morgan fingerprint density at radius 1 is 1.42 bits per heavy atom. The number of aryl methyl sites for hydroxylation is 1.